The van der Waals surface area contributed by atoms with E-state index in [1.807, 2.05) is 146 Å². The van der Waals surface area contributed by atoms with Gasteiger partial charge >= 0.3 is 270 Å². The molecule has 2 aliphatic rings. The van der Waals surface area contributed by atoms with Crippen LogP contribution in [0, 0.1) is 0 Å². The minimum absolute atomic E-state index is 0.406. The summed E-state index contributed by atoms with van der Waals surface area (Å²) >= 11 is -5.80. The van der Waals surface area contributed by atoms with E-state index in [2.05, 4.69) is 0 Å². The van der Waals surface area contributed by atoms with Crippen molar-refractivity contribution in [3.05, 3.63) is 179 Å². The molecular weight excluding hydrogens is 604 g/mol. The molecule has 6 aromatic carbocycles. The van der Waals surface area contributed by atoms with Crippen LogP contribution >= 0.6 is 0 Å². The fourth-order valence-electron chi connectivity index (χ4n) is 7.36. The summed E-state index contributed by atoms with van der Waals surface area (Å²) in [5.74, 6) is -1.10. The molecule has 0 bridgehead atoms. The zero-order valence-electron chi connectivity index (χ0n) is 25.0. The van der Waals surface area contributed by atoms with E-state index in [1.165, 1.54) is 0 Å². The molecule has 2 aliphatic carbocycles. The summed E-state index contributed by atoms with van der Waals surface area (Å²) in [6.07, 6.45) is 8.10. The van der Waals surface area contributed by atoms with Gasteiger partial charge in [0, 0.05) is 0 Å². The molecule has 0 N–H and O–H groups in total. The molecule has 0 amide bonds. The van der Waals surface area contributed by atoms with Crippen molar-refractivity contribution in [3.8, 4) is 0 Å². The number of rotatable bonds is 6. The van der Waals surface area contributed by atoms with Gasteiger partial charge < -0.3 is 0 Å². The van der Waals surface area contributed by atoms with Crippen molar-refractivity contribution in [2.45, 2.75) is 8.45 Å². The van der Waals surface area contributed by atoms with E-state index in [0.717, 1.165) is 43.8 Å². The second kappa shape index (κ2) is 10.7. The second-order valence-electron chi connectivity index (χ2n) is 12.2. The van der Waals surface area contributed by atoms with Crippen molar-refractivity contribution in [1.82, 2.24) is 0 Å². The molecular formula is C41H30O4Ti. The van der Waals surface area contributed by atoms with Crippen LogP contribution in [0.5, 0.6) is 0 Å². The quantitative estimate of drug-likeness (QED) is 0.171. The van der Waals surface area contributed by atoms with E-state index in [4.69, 9.17) is 11.5 Å². The average molecular weight is 635 g/mol. The first-order chi connectivity index (χ1) is 22.4. The van der Waals surface area contributed by atoms with E-state index in [0.29, 0.717) is 11.1 Å². The van der Waals surface area contributed by atoms with E-state index in [9.17, 15) is 9.59 Å². The van der Waals surface area contributed by atoms with Crippen molar-refractivity contribution in [2.24, 2.45) is 0 Å². The zero-order valence-corrected chi connectivity index (χ0v) is 26.6. The van der Waals surface area contributed by atoms with E-state index in [1.54, 1.807) is 12.1 Å². The van der Waals surface area contributed by atoms with Crippen LogP contribution in [0.2, 0.25) is 0 Å². The summed E-state index contributed by atoms with van der Waals surface area (Å²) in [6, 6.07) is 42.6. The molecule has 0 spiro atoms. The van der Waals surface area contributed by atoms with Gasteiger partial charge in [-0.05, 0) is 0 Å². The number of carbonyl (C=O) groups excluding carboxylic acids is 2. The molecule has 8 rings (SSSR count). The van der Waals surface area contributed by atoms with Crippen LogP contribution in [0.3, 0.4) is 0 Å². The van der Waals surface area contributed by atoms with Gasteiger partial charge in [0.1, 0.15) is 0 Å². The van der Waals surface area contributed by atoms with Gasteiger partial charge in [0.2, 0.25) is 0 Å². The third-order valence-electron chi connectivity index (χ3n) is 9.57. The molecule has 46 heavy (non-hydrogen) atoms. The van der Waals surface area contributed by atoms with Gasteiger partial charge in [0.05, 0.1) is 0 Å². The van der Waals surface area contributed by atoms with Crippen molar-refractivity contribution >= 4 is 50.5 Å². The van der Waals surface area contributed by atoms with Crippen LogP contribution in [0.15, 0.2) is 146 Å². The first-order valence-electron chi connectivity index (χ1n) is 15.4. The Labute approximate surface area is 268 Å². The van der Waals surface area contributed by atoms with Crippen molar-refractivity contribution in [1.29, 1.82) is 0 Å². The third-order valence-corrected chi connectivity index (χ3v) is 17.3. The molecule has 4 nitrogen and oxygen atoms in total. The molecule has 222 valence electrons. The molecule has 5 heteroatoms. The first-order valence-corrected chi connectivity index (χ1v) is 19.6. The van der Waals surface area contributed by atoms with Gasteiger partial charge in [-0.1, -0.05) is 0 Å². The maximum atomic E-state index is 14.7. The first kappa shape index (κ1) is 28.3. The fourth-order valence-corrected chi connectivity index (χ4v) is 14.9. The topological polar surface area (TPSA) is 52.6 Å². The maximum absolute atomic E-state index is 14.7. The van der Waals surface area contributed by atoms with Gasteiger partial charge in [-0.25, -0.2) is 0 Å². The molecule has 6 aromatic rings. The van der Waals surface area contributed by atoms with Gasteiger partial charge in [0.15, 0.2) is 0 Å². The Kier molecular flexibility index (Phi) is 6.61. The van der Waals surface area contributed by atoms with Gasteiger partial charge in [-0.3, -0.25) is 0 Å². The standard InChI is InChI=1S/2C11H8O2.2C9H7.CH2.Ti/c2*12-11(13)10-7-3-5-8-4-1-2-6-9(8)10;2*1-2-5-9-7-3-6-8(9)4-1;;/h2*1-7H,(H,12,13);2*1-7H;1H2;/q;;;;;+2/p-2. The average Bonchev–Trinajstić information content (AvgIpc) is 3.74. The Bertz CT molecular complexity index is 2170. The number of carbonyl (C=O) groups is 2. The number of hydrogen-bond donors (Lipinski definition) is 0. The summed E-state index contributed by atoms with van der Waals surface area (Å²) in [5, 5.41) is 3.36. The predicted molar refractivity (Wildman–Crippen MR) is 182 cm³/mol. The van der Waals surface area contributed by atoms with Crippen LogP contribution in [-0.4, -0.2) is 16.8 Å². The number of allylic oxidation sites excluding steroid dienone is 2. The van der Waals surface area contributed by atoms with Crippen molar-refractivity contribution < 1.29 is 31.8 Å². The minimum atomic E-state index is -5.80. The Balaban J connectivity index is 1.38. The number of hydrogen-bond acceptors (Lipinski definition) is 4. The van der Waals surface area contributed by atoms with Crippen molar-refractivity contribution in [2.75, 3.05) is 0 Å². The van der Waals surface area contributed by atoms with Crippen LogP contribution in [0.25, 0.3) is 33.7 Å². The molecule has 2 unspecified atom stereocenters. The summed E-state index contributed by atoms with van der Waals surface area (Å²) in [4.78, 5) is 34.3. The molecule has 0 saturated heterocycles. The van der Waals surface area contributed by atoms with E-state index >= 15 is 0 Å². The second-order valence-corrected chi connectivity index (χ2v) is 19.2. The molecule has 0 fully saturated rings. The molecule has 0 aliphatic heterocycles. The van der Waals surface area contributed by atoms with Gasteiger partial charge in [-0.2, -0.15) is 0 Å². The van der Waals surface area contributed by atoms with Crippen molar-refractivity contribution in [3.63, 3.8) is 0 Å². The van der Waals surface area contributed by atoms with Gasteiger partial charge in [0.25, 0.3) is 0 Å². The molecule has 0 aromatic heterocycles. The van der Waals surface area contributed by atoms with Crippen LogP contribution in [0.4, 0.5) is 0 Å². The Morgan fingerprint density at radius 2 is 0.891 bits per heavy atom. The number of benzene rings is 6. The monoisotopic (exact) mass is 634 g/mol. The van der Waals surface area contributed by atoms with Gasteiger partial charge in [-0.15, -0.1) is 0 Å². The van der Waals surface area contributed by atoms with Crippen LogP contribution in [-0.2, 0) is 22.3 Å². The van der Waals surface area contributed by atoms with E-state index < -0.39 is 36.0 Å². The fraction of sp³-hybridized carbons (Fsp3) is 0.0488. The summed E-state index contributed by atoms with van der Waals surface area (Å²) in [5.41, 5.74) is 4.66. The molecule has 2 atom stereocenters. The predicted octanol–water partition coefficient (Wildman–Crippen LogP) is 9.49. The summed E-state index contributed by atoms with van der Waals surface area (Å²) in [7, 11) is 0. The molecule has 0 heterocycles. The molecule has 0 radical (unpaired) electrons. The third kappa shape index (κ3) is 4.37. The zero-order chi connectivity index (χ0) is 31.3. The van der Waals surface area contributed by atoms with Crippen LogP contribution < -0.4 is 0 Å². The molecule has 0 saturated carbocycles. The Hall–Kier alpha value is -5.16. The SMILES string of the molecule is [CH2]=[Ti]([O]C(=O)c1cccc2ccccc12)([O]C(=O)c1cccc2ccccc12)([CH]1C=Cc2ccccc21)[CH]1C=Cc2ccccc21. The Morgan fingerprint density at radius 1 is 0.500 bits per heavy atom. The summed E-state index contributed by atoms with van der Waals surface area (Å²) < 4.78 is 12.9. The normalized spacial score (nSPS) is 16.7. The Morgan fingerprint density at radius 3 is 1.37 bits per heavy atom. The summed E-state index contributed by atoms with van der Waals surface area (Å²) in [6.45, 7) is 0. The van der Waals surface area contributed by atoms with Crippen LogP contribution in [0.1, 0.15) is 51.4 Å². The van der Waals surface area contributed by atoms with E-state index in [-0.39, 0.29) is 0 Å². The number of fused-ring (bicyclic) bond motifs is 4.